The fourth-order valence-corrected chi connectivity index (χ4v) is 23.6. The molecule has 4 heteroatoms. The van der Waals surface area contributed by atoms with E-state index in [2.05, 4.69) is 19.6 Å². The van der Waals surface area contributed by atoms with Crippen LogP contribution in [0.2, 0.25) is 0 Å². The molecule has 320 valence electrons. The maximum Gasteiger partial charge on any atom is 0.0292 e. The van der Waals surface area contributed by atoms with Crippen LogP contribution in [-0.2, 0) is 0 Å². The van der Waals surface area contributed by atoms with Gasteiger partial charge in [-0.3, -0.25) is 19.6 Å². The van der Waals surface area contributed by atoms with E-state index >= 15 is 0 Å². The van der Waals surface area contributed by atoms with Gasteiger partial charge in [0.05, 0.1) is 0 Å². The summed E-state index contributed by atoms with van der Waals surface area (Å²) in [6, 6.07) is 11.4. The molecule has 0 amide bonds. The molecule has 0 aromatic heterocycles. The Hall–Kier alpha value is -0.160. The van der Waals surface area contributed by atoms with Gasteiger partial charge in [0.25, 0.3) is 0 Å². The van der Waals surface area contributed by atoms with Crippen LogP contribution in [0.25, 0.3) is 0 Å². The monoisotopic (exact) mass is 789 g/mol. The van der Waals surface area contributed by atoms with Crippen molar-refractivity contribution >= 4 is 0 Å². The SMILES string of the molecule is C1CCC(N2C3CCCCC3C3C2CCC2C4CCCC5C6CC7C(CC6N(C54)C23)C2CCCC3C4CCC5C6CCCCC6N(C6CCCCC6)C5C4N7C23)CC1. The molecular weight excluding hydrogens is 705 g/mol. The first kappa shape index (κ1) is 36.2. The van der Waals surface area contributed by atoms with Crippen molar-refractivity contribution in [2.45, 2.75) is 265 Å². The smallest absolute Gasteiger partial charge is 0.0292 e. The van der Waals surface area contributed by atoms with E-state index in [1.54, 1.807) is 128 Å². The van der Waals surface area contributed by atoms with Crippen LogP contribution in [0.1, 0.15) is 193 Å². The maximum atomic E-state index is 3.59. The third kappa shape index (κ3) is 4.76. The predicted molar refractivity (Wildman–Crippen MR) is 233 cm³/mol. The molecule has 0 aromatic rings. The van der Waals surface area contributed by atoms with E-state index in [0.29, 0.717) is 0 Å². The van der Waals surface area contributed by atoms with E-state index < -0.39 is 0 Å². The van der Waals surface area contributed by atoms with Gasteiger partial charge in [0.2, 0.25) is 0 Å². The van der Waals surface area contributed by atoms with Crippen molar-refractivity contribution in [1.82, 2.24) is 19.6 Å². The molecule has 0 N–H and O–H groups in total. The summed E-state index contributed by atoms with van der Waals surface area (Å²) in [7, 11) is 0. The third-order valence-corrected chi connectivity index (χ3v) is 24.5. The average molecular weight is 789 g/mol. The second kappa shape index (κ2) is 13.7. The summed E-state index contributed by atoms with van der Waals surface area (Å²) in [6.07, 6.45) is 47.0. The topological polar surface area (TPSA) is 13.0 Å². The van der Waals surface area contributed by atoms with E-state index in [1.165, 1.54) is 64.2 Å². The summed E-state index contributed by atoms with van der Waals surface area (Å²) >= 11 is 0. The molecule has 0 bridgehead atoms. The fraction of sp³-hybridized carbons (Fsp3) is 1.00. The highest BCUT2D eigenvalue weighted by Gasteiger charge is 2.73. The van der Waals surface area contributed by atoms with E-state index in [9.17, 15) is 0 Å². The van der Waals surface area contributed by atoms with Gasteiger partial charge < -0.3 is 0 Å². The summed E-state index contributed by atoms with van der Waals surface area (Å²) in [6.45, 7) is 0. The van der Waals surface area contributed by atoms with Crippen molar-refractivity contribution in [3.8, 4) is 0 Å². The predicted octanol–water partition coefficient (Wildman–Crippen LogP) is 10.9. The first-order chi connectivity index (χ1) is 28.8. The van der Waals surface area contributed by atoms with Gasteiger partial charge >= 0.3 is 0 Å². The van der Waals surface area contributed by atoms with Gasteiger partial charge in [0.15, 0.2) is 0 Å². The van der Waals surface area contributed by atoms with E-state index in [-0.39, 0.29) is 0 Å². The number of fused-ring (bicyclic) bond motifs is 20. The van der Waals surface area contributed by atoms with Crippen molar-refractivity contribution in [1.29, 1.82) is 0 Å². The number of rotatable bonds is 2. The summed E-state index contributed by atoms with van der Waals surface area (Å²) < 4.78 is 0. The Kier molecular flexibility index (Phi) is 8.54. The van der Waals surface area contributed by atoms with E-state index in [1.807, 2.05) is 0 Å². The Labute approximate surface area is 354 Å². The Bertz CT molecular complexity index is 1570. The lowest BCUT2D eigenvalue weighted by Crippen LogP contribution is -2.60. The van der Waals surface area contributed by atoms with Crippen LogP contribution in [-0.4, -0.2) is 92.1 Å². The van der Waals surface area contributed by atoms with Crippen molar-refractivity contribution < 1.29 is 0 Å². The summed E-state index contributed by atoms with van der Waals surface area (Å²) in [5.74, 6) is 12.5. The van der Waals surface area contributed by atoms with Crippen LogP contribution < -0.4 is 0 Å². The van der Waals surface area contributed by atoms with Gasteiger partial charge in [-0.2, -0.15) is 0 Å². The molecule has 15 fully saturated rings. The van der Waals surface area contributed by atoms with Crippen LogP contribution in [0.4, 0.5) is 0 Å². The zero-order valence-electron chi connectivity index (χ0n) is 36.9. The lowest BCUT2D eigenvalue weighted by atomic mass is 9.59. The first-order valence-corrected chi connectivity index (χ1v) is 27.9. The Balaban J connectivity index is 0.787. The fourth-order valence-electron chi connectivity index (χ4n) is 23.6. The normalized spacial score (nSPS) is 59.0. The molecule has 15 rings (SSSR count). The minimum Gasteiger partial charge on any atom is -0.294 e. The Morgan fingerprint density at radius 1 is 0.207 bits per heavy atom. The number of nitrogens with zero attached hydrogens (tertiary/aromatic N) is 4. The third-order valence-electron chi connectivity index (χ3n) is 24.5. The van der Waals surface area contributed by atoms with Crippen molar-refractivity contribution in [3.05, 3.63) is 0 Å². The van der Waals surface area contributed by atoms with Gasteiger partial charge in [0.1, 0.15) is 0 Å². The van der Waals surface area contributed by atoms with Crippen LogP contribution in [0.3, 0.4) is 0 Å². The van der Waals surface area contributed by atoms with E-state index in [0.717, 1.165) is 144 Å². The highest BCUT2D eigenvalue weighted by Crippen LogP contribution is 2.70. The summed E-state index contributed by atoms with van der Waals surface area (Å²) in [5, 5.41) is 0. The lowest BCUT2D eigenvalue weighted by Gasteiger charge is -2.52. The molecule has 6 aliphatic heterocycles. The molecule has 9 aliphatic carbocycles. The molecule has 22 atom stereocenters. The largest absolute Gasteiger partial charge is 0.294 e. The zero-order valence-corrected chi connectivity index (χ0v) is 36.9. The quantitative estimate of drug-likeness (QED) is 0.276. The van der Waals surface area contributed by atoms with Crippen LogP contribution in [0.15, 0.2) is 0 Å². The molecule has 0 spiro atoms. The molecule has 58 heavy (non-hydrogen) atoms. The van der Waals surface area contributed by atoms with Crippen LogP contribution in [0, 0.1) is 71.0 Å². The molecule has 0 aromatic carbocycles. The molecule has 6 saturated heterocycles. The van der Waals surface area contributed by atoms with E-state index in [4.69, 9.17) is 0 Å². The Morgan fingerprint density at radius 3 is 1.26 bits per heavy atom. The number of likely N-dealkylation sites (tertiary alicyclic amines) is 2. The van der Waals surface area contributed by atoms with Gasteiger partial charge in [-0.05, 0) is 187 Å². The number of hydrogen-bond acceptors (Lipinski definition) is 4. The highest BCUT2D eigenvalue weighted by molar-refractivity contribution is 5.26. The molecular formula is C54H84N4. The second-order valence-corrected chi connectivity index (χ2v) is 25.6. The van der Waals surface area contributed by atoms with Crippen molar-refractivity contribution in [3.63, 3.8) is 0 Å². The van der Waals surface area contributed by atoms with Gasteiger partial charge in [-0.15, -0.1) is 0 Å². The van der Waals surface area contributed by atoms with Gasteiger partial charge in [-0.1, -0.05) is 77.0 Å². The number of hydrogen-bond donors (Lipinski definition) is 0. The molecule has 0 radical (unpaired) electrons. The van der Waals surface area contributed by atoms with Gasteiger partial charge in [-0.25, -0.2) is 0 Å². The average Bonchev–Trinajstić information content (AvgIpc) is 4.11. The lowest BCUT2D eigenvalue weighted by molar-refractivity contribution is -0.0296. The van der Waals surface area contributed by atoms with Crippen LogP contribution >= 0.6 is 0 Å². The first-order valence-electron chi connectivity index (χ1n) is 27.9. The van der Waals surface area contributed by atoms with Crippen LogP contribution in [0.5, 0.6) is 0 Å². The minimum atomic E-state index is 0.932. The summed E-state index contributed by atoms with van der Waals surface area (Å²) in [5.41, 5.74) is 0. The zero-order chi connectivity index (χ0) is 37.4. The van der Waals surface area contributed by atoms with Gasteiger partial charge in [0, 0.05) is 72.5 Å². The Morgan fingerprint density at radius 2 is 0.621 bits per heavy atom. The standard InChI is InChI=1S/C54H84N4/c1-3-13-31(14-4-1)55-45-24-10-8-18-41(45)49-46(55)28-27-39-34-19-11-21-36-42-30-48-43(29-47(42)57(50(34)36)52(39)49)37-22-12-20-35-40-26-25-38-33-17-7-9-23-44(33)56(32-15-5-2-6-16-32)53(38)54(40)58(48)51(35)37/h31-54H,1-30H2. The minimum absolute atomic E-state index is 0.932. The molecule has 9 saturated carbocycles. The molecule has 15 aliphatic rings. The second-order valence-electron chi connectivity index (χ2n) is 25.6. The van der Waals surface area contributed by atoms with Crippen molar-refractivity contribution in [2.75, 3.05) is 0 Å². The maximum absolute atomic E-state index is 3.59. The molecule has 6 heterocycles. The highest BCUT2D eigenvalue weighted by atomic mass is 15.4. The molecule has 22 unspecified atom stereocenters. The molecule has 4 nitrogen and oxygen atoms in total. The summed E-state index contributed by atoms with van der Waals surface area (Å²) in [4.78, 5) is 14.0. The van der Waals surface area contributed by atoms with Crippen molar-refractivity contribution in [2.24, 2.45) is 71.0 Å².